The Bertz CT molecular complexity index is 2430. The van der Waals surface area contributed by atoms with Crippen LogP contribution in [0.2, 0.25) is 10.0 Å². The van der Waals surface area contributed by atoms with E-state index in [1.165, 1.54) is 4.90 Å². The highest BCUT2D eigenvalue weighted by molar-refractivity contribution is 6.42. The van der Waals surface area contributed by atoms with Crippen LogP contribution in [-0.4, -0.2) is 45.8 Å². The highest BCUT2D eigenvalue weighted by Gasteiger charge is 2.39. The molecule has 3 N–H and O–H groups in total. The van der Waals surface area contributed by atoms with Crippen LogP contribution in [0.1, 0.15) is 53.3 Å². The Kier molecular flexibility index (Phi) is 11.7. The summed E-state index contributed by atoms with van der Waals surface area (Å²) < 4.78 is 12.1. The van der Waals surface area contributed by atoms with Gasteiger partial charge in [-0.25, -0.2) is 4.79 Å². The number of carboxylic acids is 1. The summed E-state index contributed by atoms with van der Waals surface area (Å²) in [6.45, 7) is 3.84. The van der Waals surface area contributed by atoms with Gasteiger partial charge in [0.25, 0.3) is 5.91 Å². The van der Waals surface area contributed by atoms with Crippen LogP contribution in [0.25, 0.3) is 11.1 Å². The summed E-state index contributed by atoms with van der Waals surface area (Å²) in [6.07, 6.45) is -0.838. The van der Waals surface area contributed by atoms with Crippen molar-refractivity contribution >= 4 is 52.6 Å². The molecular formula is C45H38Cl2N4O7. The van der Waals surface area contributed by atoms with E-state index in [1.807, 2.05) is 30.3 Å². The number of nitrogens with one attached hydrogen (secondary N) is 2. The lowest BCUT2D eigenvalue weighted by Gasteiger charge is -2.38. The summed E-state index contributed by atoms with van der Waals surface area (Å²) in [5.74, 6) is -1.89. The number of hydrogen-bond donors (Lipinski definition) is 3. The van der Waals surface area contributed by atoms with E-state index in [-0.39, 0.29) is 37.8 Å². The fraction of sp³-hybridized carbons (Fsp3) is 0.222. The quantitative estimate of drug-likeness (QED) is 0.121. The first-order valence-corrected chi connectivity index (χ1v) is 19.4. The number of nitriles is 1. The predicted octanol–water partition coefficient (Wildman–Crippen LogP) is 7.90. The number of amides is 3. The number of carbonyl (C=O) groups excluding carboxylic acids is 3. The van der Waals surface area contributed by atoms with Gasteiger partial charge in [0.05, 0.1) is 27.4 Å². The molecular weight excluding hydrogens is 779 g/mol. The van der Waals surface area contributed by atoms with Crippen LogP contribution in [0.3, 0.4) is 0 Å². The highest BCUT2D eigenvalue weighted by atomic mass is 35.5. The van der Waals surface area contributed by atoms with Crippen molar-refractivity contribution in [2.45, 2.75) is 58.0 Å². The molecule has 0 saturated carbocycles. The number of carbonyl (C=O) groups is 4. The first kappa shape index (κ1) is 39.9. The standard InChI is InChI=1S/C45H38Cl2N4O7/c1-25(2)44(54)51-23-33-21-40-37(49-43(53)41(58-40)31-12-14-34(15-13-31)57-24-28-7-16-35(46)36(47)17-28)19-32(33)20-39(51)42(52)50-38(45(55)56)18-26-3-8-29(9-4-26)30-10-5-27(22-48)6-11-30/h3-17,19,21,25,38-39,41H,18,20,23-24H2,1-2H3,(H,49,53)(H,50,52)(H,55,56)/t38-,39?,41?/m0/s1. The van der Waals surface area contributed by atoms with Gasteiger partial charge >= 0.3 is 5.97 Å². The van der Waals surface area contributed by atoms with Crippen LogP contribution in [0, 0.1) is 17.2 Å². The largest absolute Gasteiger partial charge is 0.489 e. The molecule has 2 heterocycles. The number of carboxylic acid groups (broad SMARTS) is 1. The molecule has 2 aliphatic rings. The average molecular weight is 818 g/mol. The van der Waals surface area contributed by atoms with Crippen LogP contribution in [0.4, 0.5) is 5.69 Å². The number of rotatable bonds is 11. The molecule has 58 heavy (non-hydrogen) atoms. The van der Waals surface area contributed by atoms with Crippen molar-refractivity contribution in [3.05, 3.63) is 147 Å². The predicted molar refractivity (Wildman–Crippen MR) is 218 cm³/mol. The monoisotopic (exact) mass is 816 g/mol. The molecule has 0 bridgehead atoms. The van der Waals surface area contributed by atoms with E-state index in [9.17, 15) is 24.3 Å². The van der Waals surface area contributed by atoms with Gasteiger partial charge in [0.1, 0.15) is 30.2 Å². The number of anilines is 1. The third-order valence-electron chi connectivity index (χ3n) is 10.2. The minimum Gasteiger partial charge on any atom is -0.489 e. The van der Waals surface area contributed by atoms with Crippen LogP contribution >= 0.6 is 23.2 Å². The molecule has 11 nitrogen and oxygen atoms in total. The lowest BCUT2D eigenvalue weighted by atomic mass is 9.90. The Morgan fingerprint density at radius 1 is 0.914 bits per heavy atom. The number of fused-ring (bicyclic) bond motifs is 2. The Labute approximate surface area is 345 Å². The molecule has 13 heteroatoms. The van der Waals surface area contributed by atoms with Gasteiger partial charge in [-0.05, 0) is 81.9 Å². The normalized spacial score (nSPS) is 16.2. The van der Waals surface area contributed by atoms with Gasteiger partial charge in [0, 0.05) is 30.9 Å². The Morgan fingerprint density at radius 2 is 1.59 bits per heavy atom. The maximum absolute atomic E-state index is 13.9. The summed E-state index contributed by atoms with van der Waals surface area (Å²) in [5, 5.41) is 25.8. The second-order valence-corrected chi connectivity index (χ2v) is 15.4. The molecule has 294 valence electrons. The van der Waals surface area contributed by atoms with Gasteiger partial charge < -0.3 is 30.1 Å². The van der Waals surface area contributed by atoms with E-state index in [0.717, 1.165) is 27.8 Å². The van der Waals surface area contributed by atoms with E-state index >= 15 is 0 Å². The van der Waals surface area contributed by atoms with Crippen molar-refractivity contribution in [1.82, 2.24) is 10.2 Å². The number of hydrogen-bond acceptors (Lipinski definition) is 7. The van der Waals surface area contributed by atoms with Crippen LogP contribution in [0.5, 0.6) is 11.5 Å². The van der Waals surface area contributed by atoms with Gasteiger partial charge in [0.15, 0.2) is 0 Å². The lowest BCUT2D eigenvalue weighted by molar-refractivity contribution is -0.146. The second-order valence-electron chi connectivity index (χ2n) is 14.5. The summed E-state index contributed by atoms with van der Waals surface area (Å²) in [4.78, 5) is 54.8. The zero-order chi connectivity index (χ0) is 41.1. The summed E-state index contributed by atoms with van der Waals surface area (Å²) in [5.41, 5.74) is 6.39. The molecule has 0 aromatic heterocycles. The second kappa shape index (κ2) is 17.0. The van der Waals surface area contributed by atoms with Crippen molar-refractivity contribution in [1.29, 1.82) is 5.26 Å². The maximum atomic E-state index is 13.9. The number of ether oxygens (including phenoxy) is 2. The smallest absolute Gasteiger partial charge is 0.326 e. The van der Waals surface area contributed by atoms with Gasteiger partial charge in [-0.15, -0.1) is 0 Å². The molecule has 0 aliphatic carbocycles. The fourth-order valence-corrected chi connectivity index (χ4v) is 7.34. The highest BCUT2D eigenvalue weighted by Crippen LogP contribution is 2.40. The number of benzene rings is 5. The van der Waals surface area contributed by atoms with Crippen LogP contribution < -0.4 is 20.1 Å². The van der Waals surface area contributed by atoms with Crippen LogP contribution in [0.15, 0.2) is 103 Å². The topological polar surface area (TPSA) is 158 Å². The summed E-state index contributed by atoms with van der Waals surface area (Å²) >= 11 is 12.1. The average Bonchev–Trinajstić information content (AvgIpc) is 3.22. The van der Waals surface area contributed by atoms with Crippen molar-refractivity contribution in [2.24, 2.45) is 5.92 Å². The minimum atomic E-state index is -1.26. The third-order valence-corrected chi connectivity index (χ3v) is 10.9. The third kappa shape index (κ3) is 8.79. The van der Waals surface area contributed by atoms with Gasteiger partial charge in [-0.1, -0.05) is 91.6 Å². The van der Waals surface area contributed by atoms with E-state index in [0.29, 0.717) is 43.9 Å². The Hall–Kier alpha value is -6.35. The molecule has 7 rings (SSSR count). The molecule has 5 aromatic rings. The van der Waals surface area contributed by atoms with Crippen molar-refractivity contribution < 1.29 is 33.8 Å². The van der Waals surface area contributed by atoms with Crippen molar-refractivity contribution in [3.63, 3.8) is 0 Å². The van der Waals surface area contributed by atoms with Gasteiger partial charge in [0.2, 0.25) is 17.9 Å². The molecule has 0 fully saturated rings. The zero-order valence-corrected chi connectivity index (χ0v) is 33.0. The number of halogens is 2. The van der Waals surface area contributed by atoms with E-state index in [1.54, 1.807) is 86.6 Å². The first-order valence-electron chi connectivity index (χ1n) is 18.6. The molecule has 0 saturated heterocycles. The molecule has 2 aliphatic heterocycles. The van der Waals surface area contributed by atoms with E-state index in [2.05, 4.69) is 16.7 Å². The van der Waals surface area contributed by atoms with Crippen molar-refractivity contribution in [3.8, 4) is 28.7 Å². The maximum Gasteiger partial charge on any atom is 0.326 e. The first-order chi connectivity index (χ1) is 27.9. The Morgan fingerprint density at radius 3 is 2.22 bits per heavy atom. The van der Waals surface area contributed by atoms with E-state index in [4.69, 9.17) is 37.9 Å². The minimum absolute atomic E-state index is 0.0166. The molecule has 0 spiro atoms. The zero-order valence-electron chi connectivity index (χ0n) is 31.5. The summed E-state index contributed by atoms with van der Waals surface area (Å²) in [6, 6.07) is 30.1. The number of nitrogens with zero attached hydrogens (tertiary/aromatic N) is 2. The van der Waals surface area contributed by atoms with Crippen LogP contribution in [-0.2, 0) is 45.2 Å². The molecule has 0 radical (unpaired) electrons. The molecule has 5 aromatic carbocycles. The fourth-order valence-electron chi connectivity index (χ4n) is 7.02. The number of aliphatic carboxylic acids is 1. The SMILES string of the molecule is CC(C)C(=O)N1Cc2cc3c(cc2CC1C(=O)N[C@@H](Cc1ccc(-c2ccc(C#N)cc2)cc1)C(=O)O)NC(=O)C(c1ccc(OCc2ccc(Cl)c(Cl)c2)cc1)O3. The lowest BCUT2D eigenvalue weighted by Crippen LogP contribution is -2.56. The van der Waals surface area contributed by atoms with Crippen molar-refractivity contribution in [2.75, 3.05) is 5.32 Å². The molecule has 3 atom stereocenters. The van der Waals surface area contributed by atoms with E-state index < -0.39 is 36.0 Å². The molecule has 3 amide bonds. The van der Waals surface area contributed by atoms with Gasteiger partial charge in [-0.2, -0.15) is 5.26 Å². The molecule has 2 unspecified atom stereocenters. The Balaban J connectivity index is 1.04. The van der Waals surface area contributed by atoms with Gasteiger partial charge in [-0.3, -0.25) is 14.4 Å². The summed E-state index contributed by atoms with van der Waals surface area (Å²) in [7, 11) is 0.